The number of hydrogen-bond donors (Lipinski definition) is 1. The molecule has 0 saturated carbocycles. The van der Waals surface area contributed by atoms with Crippen molar-refractivity contribution in [2.24, 2.45) is 5.92 Å². The van der Waals surface area contributed by atoms with Gasteiger partial charge in [-0.15, -0.1) is 0 Å². The molecule has 0 aliphatic carbocycles. The minimum Gasteiger partial charge on any atom is -0.310 e. The molecule has 1 rings (SSSR count). The lowest BCUT2D eigenvalue weighted by molar-refractivity contribution is 0.389. The minimum atomic E-state index is 0.465. The zero-order chi connectivity index (χ0) is 12.8. The Morgan fingerprint density at radius 3 is 2.65 bits per heavy atom. The summed E-state index contributed by atoms with van der Waals surface area (Å²) in [7, 11) is 0. The van der Waals surface area contributed by atoms with Crippen LogP contribution in [0.25, 0.3) is 0 Å². The second-order valence-corrected chi connectivity index (χ2v) is 4.88. The Morgan fingerprint density at radius 1 is 1.41 bits per heavy atom. The summed E-state index contributed by atoms with van der Waals surface area (Å²) in [5.74, 6) is 0.646. The van der Waals surface area contributed by atoms with Gasteiger partial charge in [-0.2, -0.15) is 5.26 Å². The molecule has 0 aliphatic rings. The molecule has 0 aromatic heterocycles. The van der Waals surface area contributed by atoms with Crippen molar-refractivity contribution in [3.05, 3.63) is 34.3 Å². The average molecular weight is 251 g/mol. The number of hydrogen-bond acceptors (Lipinski definition) is 2. The van der Waals surface area contributed by atoms with Crippen LogP contribution in [0.4, 0.5) is 0 Å². The predicted molar refractivity (Wildman–Crippen MR) is 71.9 cm³/mol. The quantitative estimate of drug-likeness (QED) is 0.864. The van der Waals surface area contributed by atoms with Gasteiger partial charge in [0.15, 0.2) is 0 Å². The van der Waals surface area contributed by atoms with Gasteiger partial charge < -0.3 is 5.32 Å². The van der Waals surface area contributed by atoms with Crippen LogP contribution in [0.5, 0.6) is 0 Å². The summed E-state index contributed by atoms with van der Waals surface area (Å²) in [4.78, 5) is 0. The van der Waals surface area contributed by atoms with Crippen LogP contribution in [0.1, 0.15) is 38.3 Å². The number of halogens is 1. The molecule has 0 aliphatic heterocycles. The average Bonchev–Trinajstić information content (AvgIpc) is 2.35. The van der Waals surface area contributed by atoms with Crippen molar-refractivity contribution in [3.63, 3.8) is 0 Å². The summed E-state index contributed by atoms with van der Waals surface area (Å²) in [6.45, 7) is 7.36. The van der Waals surface area contributed by atoms with Crippen LogP contribution in [0.15, 0.2) is 18.2 Å². The van der Waals surface area contributed by atoms with Crippen LogP contribution in [0, 0.1) is 17.2 Å². The standard InChI is InChI=1S/C14H19ClN2/c1-4-10(2)11(3)17-9-13-6-5-12(8-16)7-14(13)15/h5-7,10-11,17H,4,9H2,1-3H3. The molecule has 0 spiro atoms. The fraction of sp³-hybridized carbons (Fsp3) is 0.500. The first kappa shape index (κ1) is 14.0. The number of nitrogens with one attached hydrogen (secondary N) is 1. The monoisotopic (exact) mass is 250 g/mol. The summed E-state index contributed by atoms with van der Waals surface area (Å²) >= 11 is 6.11. The molecule has 0 radical (unpaired) electrons. The maximum absolute atomic E-state index is 8.75. The van der Waals surface area contributed by atoms with E-state index in [1.165, 1.54) is 0 Å². The molecule has 1 aromatic rings. The van der Waals surface area contributed by atoms with E-state index in [0.717, 1.165) is 18.5 Å². The van der Waals surface area contributed by atoms with Gasteiger partial charge in [-0.25, -0.2) is 0 Å². The predicted octanol–water partition coefficient (Wildman–Crippen LogP) is 3.74. The van der Waals surface area contributed by atoms with Crippen LogP contribution >= 0.6 is 11.6 Å². The first-order chi connectivity index (χ1) is 8.08. The smallest absolute Gasteiger partial charge is 0.0992 e. The molecule has 0 amide bonds. The molecule has 1 N–H and O–H groups in total. The highest BCUT2D eigenvalue weighted by Crippen LogP contribution is 2.18. The van der Waals surface area contributed by atoms with Crippen LogP contribution < -0.4 is 5.32 Å². The third-order valence-electron chi connectivity index (χ3n) is 3.29. The second-order valence-electron chi connectivity index (χ2n) is 4.47. The van der Waals surface area contributed by atoms with E-state index in [1.54, 1.807) is 12.1 Å². The van der Waals surface area contributed by atoms with Gasteiger partial charge in [-0.05, 0) is 30.5 Å². The Kier molecular flexibility index (Phi) is 5.47. The Bertz CT molecular complexity index is 409. The van der Waals surface area contributed by atoms with Gasteiger partial charge in [0.1, 0.15) is 0 Å². The van der Waals surface area contributed by atoms with E-state index in [2.05, 4.69) is 32.2 Å². The van der Waals surface area contributed by atoms with Crippen molar-refractivity contribution in [3.8, 4) is 6.07 Å². The van der Waals surface area contributed by atoms with E-state index < -0.39 is 0 Å². The zero-order valence-corrected chi connectivity index (χ0v) is 11.4. The van der Waals surface area contributed by atoms with Crippen LogP contribution in [0.2, 0.25) is 5.02 Å². The Hall–Kier alpha value is -1.04. The van der Waals surface area contributed by atoms with Crippen molar-refractivity contribution >= 4 is 11.6 Å². The second kappa shape index (κ2) is 6.64. The van der Waals surface area contributed by atoms with E-state index in [9.17, 15) is 0 Å². The first-order valence-corrected chi connectivity index (χ1v) is 6.38. The highest BCUT2D eigenvalue weighted by Gasteiger charge is 2.10. The van der Waals surface area contributed by atoms with Crippen LogP contribution in [-0.4, -0.2) is 6.04 Å². The lowest BCUT2D eigenvalue weighted by Gasteiger charge is -2.20. The molecule has 92 valence electrons. The van der Waals surface area contributed by atoms with E-state index in [1.807, 2.05) is 6.07 Å². The lowest BCUT2D eigenvalue weighted by Crippen LogP contribution is -2.31. The van der Waals surface area contributed by atoms with Crippen molar-refractivity contribution < 1.29 is 0 Å². The third-order valence-corrected chi connectivity index (χ3v) is 3.65. The molecule has 3 heteroatoms. The number of nitriles is 1. The maximum atomic E-state index is 8.75. The van der Waals surface area contributed by atoms with Gasteiger partial charge in [0.2, 0.25) is 0 Å². The van der Waals surface area contributed by atoms with Crippen molar-refractivity contribution in [1.29, 1.82) is 5.26 Å². The summed E-state index contributed by atoms with van der Waals surface area (Å²) in [5, 5.41) is 12.9. The zero-order valence-electron chi connectivity index (χ0n) is 10.6. The Balaban J connectivity index is 2.61. The van der Waals surface area contributed by atoms with E-state index >= 15 is 0 Å². The van der Waals surface area contributed by atoms with Crippen molar-refractivity contribution in [1.82, 2.24) is 5.32 Å². The third kappa shape index (κ3) is 4.03. The van der Waals surface area contributed by atoms with Gasteiger partial charge in [-0.1, -0.05) is 37.9 Å². The molecular weight excluding hydrogens is 232 g/mol. The summed E-state index contributed by atoms with van der Waals surface area (Å²) in [6, 6.07) is 7.98. The molecule has 0 fully saturated rings. The summed E-state index contributed by atoms with van der Waals surface area (Å²) < 4.78 is 0. The molecule has 17 heavy (non-hydrogen) atoms. The Labute approximate surface area is 109 Å². The fourth-order valence-electron chi connectivity index (χ4n) is 1.59. The van der Waals surface area contributed by atoms with Crippen LogP contribution in [0.3, 0.4) is 0 Å². The van der Waals surface area contributed by atoms with Crippen molar-refractivity contribution in [2.75, 3.05) is 0 Å². The number of rotatable bonds is 5. The fourth-order valence-corrected chi connectivity index (χ4v) is 1.83. The maximum Gasteiger partial charge on any atom is 0.0992 e. The van der Waals surface area contributed by atoms with E-state index in [0.29, 0.717) is 22.5 Å². The Morgan fingerprint density at radius 2 is 2.12 bits per heavy atom. The topological polar surface area (TPSA) is 35.8 Å². The molecule has 2 unspecified atom stereocenters. The minimum absolute atomic E-state index is 0.465. The number of benzene rings is 1. The van der Waals surface area contributed by atoms with E-state index in [-0.39, 0.29) is 0 Å². The van der Waals surface area contributed by atoms with Crippen molar-refractivity contribution in [2.45, 2.75) is 39.8 Å². The van der Waals surface area contributed by atoms with Crippen LogP contribution in [-0.2, 0) is 6.54 Å². The molecule has 2 atom stereocenters. The summed E-state index contributed by atoms with van der Waals surface area (Å²) in [5.41, 5.74) is 1.65. The summed E-state index contributed by atoms with van der Waals surface area (Å²) in [6.07, 6.45) is 1.16. The number of nitrogens with zero attached hydrogens (tertiary/aromatic N) is 1. The molecule has 0 saturated heterocycles. The normalized spacial score (nSPS) is 14.1. The molecule has 0 bridgehead atoms. The first-order valence-electron chi connectivity index (χ1n) is 6.00. The largest absolute Gasteiger partial charge is 0.310 e. The van der Waals surface area contributed by atoms with Gasteiger partial charge in [0.05, 0.1) is 11.6 Å². The van der Waals surface area contributed by atoms with Gasteiger partial charge in [0, 0.05) is 17.6 Å². The van der Waals surface area contributed by atoms with Gasteiger partial charge >= 0.3 is 0 Å². The highest BCUT2D eigenvalue weighted by atomic mass is 35.5. The SMILES string of the molecule is CCC(C)C(C)NCc1ccc(C#N)cc1Cl. The van der Waals surface area contributed by atoms with Gasteiger partial charge in [0.25, 0.3) is 0 Å². The lowest BCUT2D eigenvalue weighted by atomic mass is 10.0. The molecule has 0 heterocycles. The van der Waals surface area contributed by atoms with E-state index in [4.69, 9.17) is 16.9 Å². The highest BCUT2D eigenvalue weighted by molar-refractivity contribution is 6.31. The van der Waals surface area contributed by atoms with Gasteiger partial charge in [-0.3, -0.25) is 0 Å². The molecular formula is C14H19ClN2. The molecule has 2 nitrogen and oxygen atoms in total. The molecule has 1 aromatic carbocycles.